The fourth-order valence-electron chi connectivity index (χ4n) is 2.41. The van der Waals surface area contributed by atoms with Crippen LogP contribution in [0.4, 0.5) is 0 Å². The Balaban J connectivity index is 2.20. The predicted octanol–water partition coefficient (Wildman–Crippen LogP) is 2.27. The number of carbonyl (C=O) groups is 1. The Kier molecular flexibility index (Phi) is 4.56. The van der Waals surface area contributed by atoms with Crippen LogP contribution in [0.5, 0.6) is 0 Å². The summed E-state index contributed by atoms with van der Waals surface area (Å²) >= 11 is 0. The standard InChI is InChI=1S/C15H21NO3/c1-11(2)12-3-5-13(6-4-12)14(15(17)18)16-7-9-19-10-8-16/h3-6,11,14H,7-10H2,1-2H3,(H,17,18). The monoisotopic (exact) mass is 263 g/mol. The molecule has 1 aliphatic rings. The maximum atomic E-state index is 11.5. The van der Waals surface area contributed by atoms with Crippen LogP contribution in [0, 0.1) is 0 Å². The van der Waals surface area contributed by atoms with Gasteiger partial charge in [0.2, 0.25) is 0 Å². The molecule has 1 heterocycles. The lowest BCUT2D eigenvalue weighted by Gasteiger charge is -2.32. The smallest absolute Gasteiger partial charge is 0.325 e. The van der Waals surface area contributed by atoms with Crippen molar-refractivity contribution in [3.05, 3.63) is 35.4 Å². The molecule has 1 N–H and O–H groups in total. The minimum Gasteiger partial charge on any atom is -0.480 e. The van der Waals surface area contributed by atoms with E-state index in [1.165, 1.54) is 5.56 Å². The Labute approximate surface area is 114 Å². The second-order valence-electron chi connectivity index (χ2n) is 5.21. The molecule has 1 aromatic carbocycles. The summed E-state index contributed by atoms with van der Waals surface area (Å²) in [6.07, 6.45) is 0. The van der Waals surface area contributed by atoms with Crippen LogP contribution >= 0.6 is 0 Å². The van der Waals surface area contributed by atoms with Crippen molar-refractivity contribution in [1.29, 1.82) is 0 Å². The first-order valence-corrected chi connectivity index (χ1v) is 6.74. The minimum atomic E-state index is -0.792. The van der Waals surface area contributed by atoms with Crippen LogP contribution in [0.25, 0.3) is 0 Å². The summed E-state index contributed by atoms with van der Waals surface area (Å²) in [4.78, 5) is 13.5. The average Bonchev–Trinajstić information content (AvgIpc) is 2.40. The van der Waals surface area contributed by atoms with Gasteiger partial charge in [0, 0.05) is 13.1 Å². The predicted molar refractivity (Wildman–Crippen MR) is 73.3 cm³/mol. The highest BCUT2D eigenvalue weighted by Gasteiger charge is 2.28. The van der Waals surface area contributed by atoms with Crippen molar-refractivity contribution in [2.45, 2.75) is 25.8 Å². The molecule has 1 saturated heterocycles. The first kappa shape index (κ1) is 14.0. The van der Waals surface area contributed by atoms with Crippen molar-refractivity contribution in [2.75, 3.05) is 26.3 Å². The number of nitrogens with zero attached hydrogens (tertiary/aromatic N) is 1. The SMILES string of the molecule is CC(C)c1ccc(C(C(=O)O)N2CCOCC2)cc1. The minimum absolute atomic E-state index is 0.459. The molecule has 4 nitrogen and oxygen atoms in total. The van der Waals surface area contributed by atoms with Gasteiger partial charge in [-0.3, -0.25) is 9.69 Å². The van der Waals surface area contributed by atoms with Crippen molar-refractivity contribution in [3.8, 4) is 0 Å². The van der Waals surface area contributed by atoms with E-state index in [0.29, 0.717) is 32.2 Å². The number of hydrogen-bond donors (Lipinski definition) is 1. The quantitative estimate of drug-likeness (QED) is 0.905. The molecule has 4 heteroatoms. The molecule has 0 aliphatic carbocycles. The lowest BCUT2D eigenvalue weighted by molar-refractivity contribution is -0.145. The molecule has 0 radical (unpaired) electrons. The Morgan fingerprint density at radius 2 is 1.68 bits per heavy atom. The van der Waals surface area contributed by atoms with Crippen LogP contribution < -0.4 is 0 Å². The third kappa shape index (κ3) is 3.33. The molecular formula is C15H21NO3. The third-order valence-corrected chi connectivity index (χ3v) is 3.56. The summed E-state index contributed by atoms with van der Waals surface area (Å²) < 4.78 is 5.28. The van der Waals surface area contributed by atoms with Crippen molar-refractivity contribution in [3.63, 3.8) is 0 Å². The molecular weight excluding hydrogens is 242 g/mol. The van der Waals surface area contributed by atoms with Gasteiger partial charge < -0.3 is 9.84 Å². The molecule has 0 bridgehead atoms. The fraction of sp³-hybridized carbons (Fsp3) is 0.533. The molecule has 1 fully saturated rings. The lowest BCUT2D eigenvalue weighted by Crippen LogP contribution is -2.42. The van der Waals surface area contributed by atoms with Gasteiger partial charge in [0.1, 0.15) is 6.04 Å². The summed E-state index contributed by atoms with van der Waals surface area (Å²) in [7, 11) is 0. The number of rotatable bonds is 4. The van der Waals surface area contributed by atoms with Gasteiger partial charge in [-0.05, 0) is 17.0 Å². The van der Waals surface area contributed by atoms with Crippen LogP contribution in [-0.2, 0) is 9.53 Å². The van der Waals surface area contributed by atoms with Crippen LogP contribution in [-0.4, -0.2) is 42.3 Å². The van der Waals surface area contributed by atoms with Crippen molar-refractivity contribution in [2.24, 2.45) is 0 Å². The Hall–Kier alpha value is -1.39. The average molecular weight is 263 g/mol. The van der Waals surface area contributed by atoms with E-state index in [0.717, 1.165) is 5.56 Å². The van der Waals surface area contributed by atoms with Crippen LogP contribution in [0.1, 0.15) is 36.9 Å². The fourth-order valence-corrected chi connectivity index (χ4v) is 2.41. The summed E-state index contributed by atoms with van der Waals surface area (Å²) in [5.41, 5.74) is 2.08. The Morgan fingerprint density at radius 3 is 2.16 bits per heavy atom. The van der Waals surface area contributed by atoms with E-state index in [1.54, 1.807) is 0 Å². The van der Waals surface area contributed by atoms with E-state index in [2.05, 4.69) is 13.8 Å². The van der Waals surface area contributed by atoms with Crippen LogP contribution in [0.15, 0.2) is 24.3 Å². The lowest BCUT2D eigenvalue weighted by atomic mass is 9.98. The summed E-state index contributed by atoms with van der Waals surface area (Å²) in [5.74, 6) is -0.333. The number of morpholine rings is 1. The largest absolute Gasteiger partial charge is 0.480 e. The zero-order valence-electron chi connectivity index (χ0n) is 11.5. The molecule has 1 aliphatic heterocycles. The summed E-state index contributed by atoms with van der Waals surface area (Å²) in [5, 5.41) is 9.47. The number of aliphatic carboxylic acids is 1. The molecule has 0 saturated carbocycles. The molecule has 2 rings (SSSR count). The zero-order chi connectivity index (χ0) is 13.8. The first-order valence-electron chi connectivity index (χ1n) is 6.74. The number of ether oxygens (including phenoxy) is 1. The third-order valence-electron chi connectivity index (χ3n) is 3.56. The number of benzene rings is 1. The molecule has 104 valence electrons. The normalized spacial score (nSPS) is 18.5. The Morgan fingerprint density at radius 1 is 1.16 bits per heavy atom. The first-order chi connectivity index (χ1) is 9.09. The van der Waals surface area contributed by atoms with Gasteiger partial charge in [-0.15, -0.1) is 0 Å². The molecule has 1 aromatic rings. The van der Waals surface area contributed by atoms with E-state index in [-0.39, 0.29) is 0 Å². The highest BCUT2D eigenvalue weighted by Crippen LogP contribution is 2.24. The Bertz CT molecular complexity index is 422. The summed E-state index contributed by atoms with van der Waals surface area (Å²) in [6, 6.07) is 7.35. The van der Waals surface area contributed by atoms with Crippen molar-refractivity contribution >= 4 is 5.97 Å². The van der Waals surface area contributed by atoms with Crippen LogP contribution in [0.3, 0.4) is 0 Å². The maximum Gasteiger partial charge on any atom is 0.325 e. The second-order valence-corrected chi connectivity index (χ2v) is 5.21. The molecule has 0 spiro atoms. The summed E-state index contributed by atoms with van der Waals surface area (Å²) in [6.45, 7) is 6.81. The van der Waals surface area contributed by atoms with Gasteiger partial charge >= 0.3 is 5.97 Å². The highest BCUT2D eigenvalue weighted by atomic mass is 16.5. The molecule has 0 aromatic heterocycles. The second kappa shape index (κ2) is 6.17. The van der Waals surface area contributed by atoms with Gasteiger partial charge in [-0.1, -0.05) is 38.1 Å². The van der Waals surface area contributed by atoms with Gasteiger partial charge in [-0.2, -0.15) is 0 Å². The topological polar surface area (TPSA) is 49.8 Å². The molecule has 19 heavy (non-hydrogen) atoms. The van der Waals surface area contributed by atoms with Gasteiger partial charge in [-0.25, -0.2) is 0 Å². The van der Waals surface area contributed by atoms with E-state index >= 15 is 0 Å². The number of hydrogen-bond acceptors (Lipinski definition) is 3. The highest BCUT2D eigenvalue weighted by molar-refractivity contribution is 5.75. The van der Waals surface area contributed by atoms with Gasteiger partial charge in [0.25, 0.3) is 0 Å². The number of carboxylic acids is 1. The maximum absolute atomic E-state index is 11.5. The molecule has 1 atom stereocenters. The van der Waals surface area contributed by atoms with E-state index in [9.17, 15) is 9.90 Å². The van der Waals surface area contributed by atoms with Crippen LogP contribution in [0.2, 0.25) is 0 Å². The number of carboxylic acid groups (broad SMARTS) is 1. The van der Waals surface area contributed by atoms with Gasteiger partial charge in [0.05, 0.1) is 13.2 Å². The molecule has 1 unspecified atom stereocenters. The van der Waals surface area contributed by atoms with E-state index < -0.39 is 12.0 Å². The van der Waals surface area contributed by atoms with E-state index in [4.69, 9.17) is 4.74 Å². The zero-order valence-corrected chi connectivity index (χ0v) is 11.5. The van der Waals surface area contributed by atoms with Gasteiger partial charge in [0.15, 0.2) is 0 Å². The van der Waals surface area contributed by atoms with E-state index in [1.807, 2.05) is 29.2 Å². The van der Waals surface area contributed by atoms with Crippen molar-refractivity contribution < 1.29 is 14.6 Å². The van der Waals surface area contributed by atoms with Crippen molar-refractivity contribution in [1.82, 2.24) is 4.90 Å². The molecule has 0 amide bonds.